The zero-order valence-corrected chi connectivity index (χ0v) is 16.3. The van der Waals surface area contributed by atoms with Crippen molar-refractivity contribution in [1.82, 2.24) is 14.5 Å². The highest BCUT2D eigenvalue weighted by Crippen LogP contribution is 2.28. The Kier molecular flexibility index (Phi) is 4.36. The first-order valence-electron chi connectivity index (χ1n) is 9.55. The first kappa shape index (κ1) is 17.9. The average Bonchev–Trinajstić information content (AvgIpc) is 3.07. The predicted molar refractivity (Wildman–Crippen MR) is 111 cm³/mol. The van der Waals surface area contributed by atoms with Crippen LogP contribution in [0.5, 0.6) is 0 Å². The second-order valence-corrected chi connectivity index (χ2v) is 7.71. The van der Waals surface area contributed by atoms with Gasteiger partial charge in [-0.05, 0) is 42.5 Å². The number of rotatable bonds is 2. The lowest BCUT2D eigenvalue weighted by Gasteiger charge is -2.33. The second-order valence-electron chi connectivity index (χ2n) is 7.28. The molecule has 0 aliphatic carbocycles. The fraction of sp³-hybridized carbons (Fsp3) is 0.227. The number of oxazole rings is 1. The van der Waals surface area contributed by atoms with Gasteiger partial charge in [0.05, 0.1) is 11.6 Å². The number of carbonyl (C=O) groups is 1. The summed E-state index contributed by atoms with van der Waals surface area (Å²) in [7, 11) is 0. The number of hydrogen-bond donors (Lipinski definition) is 0. The number of hydrogen-bond acceptors (Lipinski definition) is 4. The quantitative estimate of drug-likeness (QED) is 0.497. The molecule has 2 aromatic heterocycles. The number of aromatic nitrogens is 2. The highest BCUT2D eigenvalue weighted by molar-refractivity contribution is 6.31. The van der Waals surface area contributed by atoms with Crippen LogP contribution in [0.15, 0.2) is 63.9 Å². The molecule has 6 nitrogen and oxygen atoms in total. The lowest BCUT2D eigenvalue weighted by molar-refractivity contribution is 0.0674. The fourth-order valence-electron chi connectivity index (χ4n) is 4.14. The van der Waals surface area contributed by atoms with E-state index in [0.29, 0.717) is 34.9 Å². The normalized spacial score (nSPS) is 17.1. The Morgan fingerprint density at radius 2 is 2.03 bits per heavy atom. The molecule has 5 rings (SSSR count). The molecule has 1 saturated heterocycles. The Morgan fingerprint density at radius 3 is 2.93 bits per heavy atom. The molecule has 0 N–H and O–H groups in total. The van der Waals surface area contributed by atoms with Crippen molar-refractivity contribution in [2.45, 2.75) is 18.9 Å². The molecular formula is C22H18ClN3O3. The van der Waals surface area contributed by atoms with Crippen LogP contribution >= 0.6 is 11.6 Å². The molecule has 0 saturated carbocycles. The molecule has 0 unspecified atom stereocenters. The Balaban J connectivity index is 1.50. The zero-order chi connectivity index (χ0) is 20.0. The van der Waals surface area contributed by atoms with Crippen molar-refractivity contribution in [3.05, 3.63) is 76.0 Å². The Morgan fingerprint density at radius 1 is 1.17 bits per heavy atom. The van der Waals surface area contributed by atoms with Gasteiger partial charge >= 0.3 is 5.76 Å². The van der Waals surface area contributed by atoms with Crippen LogP contribution in [-0.4, -0.2) is 33.4 Å². The maximum atomic E-state index is 13.3. The summed E-state index contributed by atoms with van der Waals surface area (Å²) in [4.78, 5) is 31.9. The topological polar surface area (TPSA) is 68.3 Å². The van der Waals surface area contributed by atoms with E-state index in [9.17, 15) is 9.59 Å². The van der Waals surface area contributed by atoms with Gasteiger partial charge in [-0.1, -0.05) is 35.9 Å². The summed E-state index contributed by atoms with van der Waals surface area (Å²) in [5.74, 6) is -0.546. The van der Waals surface area contributed by atoms with Gasteiger partial charge in [-0.2, -0.15) is 0 Å². The molecule has 1 amide bonds. The fourth-order valence-corrected chi connectivity index (χ4v) is 4.31. The van der Waals surface area contributed by atoms with E-state index in [0.717, 1.165) is 23.6 Å². The smallest absolute Gasteiger partial charge is 0.408 e. The Labute approximate surface area is 171 Å². The molecule has 1 aliphatic heterocycles. The van der Waals surface area contributed by atoms with Gasteiger partial charge in [0.15, 0.2) is 5.58 Å². The van der Waals surface area contributed by atoms with Crippen molar-refractivity contribution in [2.75, 3.05) is 13.1 Å². The van der Waals surface area contributed by atoms with Gasteiger partial charge < -0.3 is 9.32 Å². The third kappa shape index (κ3) is 3.09. The Hall–Kier alpha value is -3.12. The van der Waals surface area contributed by atoms with Gasteiger partial charge in [0, 0.05) is 29.7 Å². The first-order chi connectivity index (χ1) is 14.1. The largest absolute Gasteiger partial charge is 0.420 e. The number of nitrogens with zero attached hydrogens (tertiary/aromatic N) is 3. The molecule has 0 radical (unpaired) electrons. The van der Waals surface area contributed by atoms with E-state index >= 15 is 0 Å². The van der Waals surface area contributed by atoms with E-state index in [1.165, 1.54) is 0 Å². The van der Waals surface area contributed by atoms with Gasteiger partial charge in [-0.3, -0.25) is 14.3 Å². The number of pyridine rings is 1. The molecule has 2 aromatic carbocycles. The molecule has 1 fully saturated rings. The van der Waals surface area contributed by atoms with Crippen LogP contribution < -0.4 is 5.76 Å². The molecule has 1 aliphatic rings. The zero-order valence-electron chi connectivity index (χ0n) is 15.5. The number of amides is 1. The van der Waals surface area contributed by atoms with Gasteiger partial charge in [-0.25, -0.2) is 4.79 Å². The van der Waals surface area contributed by atoms with E-state index in [4.69, 9.17) is 16.0 Å². The number of piperidine rings is 1. The summed E-state index contributed by atoms with van der Waals surface area (Å²) in [5, 5.41) is 2.35. The highest BCUT2D eigenvalue weighted by Gasteiger charge is 2.29. The maximum absolute atomic E-state index is 13.3. The molecule has 4 aromatic rings. The predicted octanol–water partition coefficient (Wildman–Crippen LogP) is 4.27. The van der Waals surface area contributed by atoms with E-state index in [-0.39, 0.29) is 11.9 Å². The number of fused-ring (bicyclic) bond motifs is 2. The van der Waals surface area contributed by atoms with Crippen molar-refractivity contribution < 1.29 is 9.21 Å². The van der Waals surface area contributed by atoms with E-state index < -0.39 is 5.76 Å². The van der Waals surface area contributed by atoms with Crippen LogP contribution in [0.4, 0.5) is 0 Å². The maximum Gasteiger partial charge on any atom is 0.420 e. The van der Waals surface area contributed by atoms with Crippen LogP contribution in [0, 0.1) is 0 Å². The number of halogens is 1. The molecular weight excluding hydrogens is 390 g/mol. The molecule has 7 heteroatoms. The van der Waals surface area contributed by atoms with Crippen molar-refractivity contribution >= 4 is 39.4 Å². The van der Waals surface area contributed by atoms with Gasteiger partial charge in [0.25, 0.3) is 5.91 Å². The molecule has 146 valence electrons. The van der Waals surface area contributed by atoms with Gasteiger partial charge in [0.1, 0.15) is 5.69 Å². The molecule has 0 spiro atoms. The summed E-state index contributed by atoms with van der Waals surface area (Å²) >= 11 is 6.12. The lowest BCUT2D eigenvalue weighted by atomic mass is 10.0. The van der Waals surface area contributed by atoms with Crippen LogP contribution in [0.1, 0.15) is 29.4 Å². The van der Waals surface area contributed by atoms with Crippen molar-refractivity contribution in [2.24, 2.45) is 0 Å². The minimum Gasteiger partial charge on any atom is -0.408 e. The summed E-state index contributed by atoms with van der Waals surface area (Å²) in [6, 6.07) is 14.6. The SMILES string of the molecule is O=C(c1nccc2ccccc12)N1CCC[C@@H](n2c(=O)oc3ccc(Cl)cc32)C1. The lowest BCUT2D eigenvalue weighted by Crippen LogP contribution is -2.42. The van der Waals surface area contributed by atoms with Gasteiger partial charge in [-0.15, -0.1) is 0 Å². The van der Waals surface area contributed by atoms with E-state index in [2.05, 4.69) is 4.98 Å². The van der Waals surface area contributed by atoms with Crippen molar-refractivity contribution in [3.63, 3.8) is 0 Å². The number of carbonyl (C=O) groups excluding carboxylic acids is 1. The summed E-state index contributed by atoms with van der Waals surface area (Å²) < 4.78 is 7.00. The number of likely N-dealkylation sites (tertiary alicyclic amines) is 1. The third-order valence-electron chi connectivity index (χ3n) is 5.50. The van der Waals surface area contributed by atoms with Crippen LogP contribution in [-0.2, 0) is 0 Å². The number of benzene rings is 2. The van der Waals surface area contributed by atoms with Crippen molar-refractivity contribution in [3.8, 4) is 0 Å². The molecule has 1 atom stereocenters. The molecule has 3 heterocycles. The summed E-state index contributed by atoms with van der Waals surface area (Å²) in [5.41, 5.74) is 1.60. The standard InChI is InChI=1S/C22H18ClN3O3/c23-15-7-8-19-18(12-15)26(22(28)29-19)16-5-3-11-25(13-16)21(27)20-17-6-2-1-4-14(17)9-10-24-20/h1-2,4,6-10,12,16H,3,5,11,13H2/t16-/m1/s1. The van der Waals surface area contributed by atoms with E-state index in [1.54, 1.807) is 33.9 Å². The minimum atomic E-state index is -0.426. The Bertz CT molecular complexity index is 1290. The molecule has 0 bridgehead atoms. The van der Waals surface area contributed by atoms with Crippen LogP contribution in [0.3, 0.4) is 0 Å². The van der Waals surface area contributed by atoms with Crippen LogP contribution in [0.25, 0.3) is 21.9 Å². The molecule has 29 heavy (non-hydrogen) atoms. The monoisotopic (exact) mass is 407 g/mol. The minimum absolute atomic E-state index is 0.120. The van der Waals surface area contributed by atoms with Gasteiger partial charge in [0.2, 0.25) is 0 Å². The average molecular weight is 408 g/mol. The van der Waals surface area contributed by atoms with Crippen LogP contribution in [0.2, 0.25) is 5.02 Å². The first-order valence-corrected chi connectivity index (χ1v) is 9.93. The second kappa shape index (κ2) is 7.04. The summed E-state index contributed by atoms with van der Waals surface area (Å²) in [6.07, 6.45) is 3.24. The highest BCUT2D eigenvalue weighted by atomic mass is 35.5. The van der Waals surface area contributed by atoms with E-state index in [1.807, 2.05) is 30.3 Å². The van der Waals surface area contributed by atoms with Crippen molar-refractivity contribution in [1.29, 1.82) is 0 Å². The third-order valence-corrected chi connectivity index (χ3v) is 5.73. The summed E-state index contributed by atoms with van der Waals surface area (Å²) in [6.45, 7) is 1.05.